The van der Waals surface area contributed by atoms with Gasteiger partial charge in [-0.05, 0) is 42.3 Å². The quantitative estimate of drug-likeness (QED) is 0.878. The van der Waals surface area contributed by atoms with Crippen LogP contribution in [0.3, 0.4) is 0 Å². The van der Waals surface area contributed by atoms with Crippen molar-refractivity contribution in [2.45, 2.75) is 13.0 Å². The lowest BCUT2D eigenvalue weighted by Crippen LogP contribution is -2.05. The van der Waals surface area contributed by atoms with Crippen LogP contribution in [0, 0.1) is 0 Å². The number of benzene rings is 1. The lowest BCUT2D eigenvalue weighted by Gasteiger charge is -2.12. The maximum atomic E-state index is 5.90. The second-order valence-electron chi connectivity index (χ2n) is 3.98. The molecule has 3 heteroatoms. The van der Waals surface area contributed by atoms with Gasteiger partial charge in [-0.15, -0.1) is 0 Å². The fourth-order valence-electron chi connectivity index (χ4n) is 1.77. The summed E-state index contributed by atoms with van der Waals surface area (Å²) in [5.74, 6) is 0.848. The van der Waals surface area contributed by atoms with Crippen LogP contribution >= 0.6 is 0 Å². The Balaban J connectivity index is 2.54. The van der Waals surface area contributed by atoms with E-state index in [1.807, 2.05) is 31.2 Å². The number of hydrogen-bond acceptors (Lipinski definition) is 3. The molecule has 0 spiro atoms. The van der Waals surface area contributed by atoms with Gasteiger partial charge in [-0.25, -0.2) is 0 Å². The summed E-state index contributed by atoms with van der Waals surface area (Å²) in [6.45, 7) is 1.97. The molecular formula is C14H16N2O. The Morgan fingerprint density at radius 1 is 1.18 bits per heavy atom. The van der Waals surface area contributed by atoms with Gasteiger partial charge in [-0.2, -0.15) is 0 Å². The Bertz CT molecular complexity index is 495. The molecule has 0 bridgehead atoms. The van der Waals surface area contributed by atoms with E-state index in [-0.39, 0.29) is 6.04 Å². The van der Waals surface area contributed by atoms with Gasteiger partial charge in [0.25, 0.3) is 0 Å². The fourth-order valence-corrected chi connectivity index (χ4v) is 1.77. The Labute approximate surface area is 101 Å². The van der Waals surface area contributed by atoms with Crippen LogP contribution in [0.25, 0.3) is 11.1 Å². The SMILES string of the molecule is COc1ccc(C(C)N)cc1-c1ccncc1. The van der Waals surface area contributed by atoms with Crippen LogP contribution in [-0.2, 0) is 0 Å². The van der Waals surface area contributed by atoms with Crippen molar-refractivity contribution in [2.24, 2.45) is 5.73 Å². The van der Waals surface area contributed by atoms with E-state index in [1.165, 1.54) is 0 Å². The third-order valence-corrected chi connectivity index (χ3v) is 2.74. The summed E-state index contributed by atoms with van der Waals surface area (Å²) in [5, 5.41) is 0. The minimum atomic E-state index is 0.0153. The molecule has 0 aliphatic rings. The first-order chi connectivity index (χ1) is 8.22. The highest BCUT2D eigenvalue weighted by Crippen LogP contribution is 2.31. The number of nitrogens with zero attached hydrogens (tertiary/aromatic N) is 1. The first-order valence-electron chi connectivity index (χ1n) is 5.56. The molecule has 1 aromatic carbocycles. The molecule has 0 saturated heterocycles. The van der Waals surface area contributed by atoms with Crippen LogP contribution in [0.1, 0.15) is 18.5 Å². The van der Waals surface area contributed by atoms with E-state index in [9.17, 15) is 0 Å². The number of methoxy groups -OCH3 is 1. The van der Waals surface area contributed by atoms with Crippen molar-refractivity contribution < 1.29 is 4.74 Å². The molecule has 2 aromatic rings. The Hall–Kier alpha value is -1.87. The predicted octanol–water partition coefficient (Wildman–Crippen LogP) is 2.78. The molecule has 2 rings (SSSR count). The summed E-state index contributed by atoms with van der Waals surface area (Å²) < 4.78 is 5.37. The fraction of sp³-hybridized carbons (Fsp3) is 0.214. The second-order valence-corrected chi connectivity index (χ2v) is 3.98. The molecule has 88 valence electrons. The monoisotopic (exact) mass is 228 g/mol. The molecule has 1 aromatic heterocycles. The molecule has 2 N–H and O–H groups in total. The first kappa shape index (κ1) is 11.6. The Kier molecular flexibility index (Phi) is 3.40. The largest absolute Gasteiger partial charge is 0.496 e. The molecule has 1 unspecified atom stereocenters. The van der Waals surface area contributed by atoms with Gasteiger partial charge >= 0.3 is 0 Å². The van der Waals surface area contributed by atoms with Gasteiger partial charge in [-0.1, -0.05) is 6.07 Å². The topological polar surface area (TPSA) is 48.1 Å². The van der Waals surface area contributed by atoms with E-state index >= 15 is 0 Å². The summed E-state index contributed by atoms with van der Waals surface area (Å²) in [6, 6.07) is 9.95. The smallest absolute Gasteiger partial charge is 0.126 e. The summed E-state index contributed by atoms with van der Waals surface area (Å²) >= 11 is 0. The van der Waals surface area contributed by atoms with Gasteiger partial charge in [0, 0.05) is 24.0 Å². The number of ether oxygens (including phenoxy) is 1. The van der Waals surface area contributed by atoms with Gasteiger partial charge in [-0.3, -0.25) is 4.98 Å². The molecule has 0 aliphatic carbocycles. The van der Waals surface area contributed by atoms with Gasteiger partial charge in [0.15, 0.2) is 0 Å². The highest BCUT2D eigenvalue weighted by molar-refractivity contribution is 5.70. The molecule has 1 atom stereocenters. The molecule has 17 heavy (non-hydrogen) atoms. The highest BCUT2D eigenvalue weighted by Gasteiger charge is 2.08. The van der Waals surface area contributed by atoms with Crippen LogP contribution < -0.4 is 10.5 Å². The van der Waals surface area contributed by atoms with Gasteiger partial charge in [0.2, 0.25) is 0 Å². The summed E-state index contributed by atoms with van der Waals surface area (Å²) in [6.07, 6.45) is 3.54. The lowest BCUT2D eigenvalue weighted by molar-refractivity contribution is 0.416. The van der Waals surface area contributed by atoms with Gasteiger partial charge in [0.1, 0.15) is 5.75 Å². The minimum absolute atomic E-state index is 0.0153. The van der Waals surface area contributed by atoms with Crippen molar-refractivity contribution in [3.8, 4) is 16.9 Å². The van der Waals surface area contributed by atoms with Crippen molar-refractivity contribution in [2.75, 3.05) is 7.11 Å². The van der Waals surface area contributed by atoms with Crippen molar-refractivity contribution >= 4 is 0 Å². The molecule has 0 amide bonds. The second kappa shape index (κ2) is 4.97. The molecule has 0 saturated carbocycles. The van der Waals surface area contributed by atoms with E-state index in [0.29, 0.717) is 0 Å². The Morgan fingerprint density at radius 2 is 1.88 bits per heavy atom. The molecular weight excluding hydrogens is 212 g/mol. The van der Waals surface area contributed by atoms with Crippen molar-refractivity contribution in [1.29, 1.82) is 0 Å². The van der Waals surface area contributed by atoms with E-state index in [1.54, 1.807) is 19.5 Å². The van der Waals surface area contributed by atoms with Gasteiger partial charge < -0.3 is 10.5 Å². The first-order valence-corrected chi connectivity index (χ1v) is 5.56. The Morgan fingerprint density at radius 3 is 2.47 bits per heavy atom. The lowest BCUT2D eigenvalue weighted by atomic mass is 10.00. The third-order valence-electron chi connectivity index (χ3n) is 2.74. The van der Waals surface area contributed by atoms with Crippen LogP contribution in [0.5, 0.6) is 5.75 Å². The molecule has 3 nitrogen and oxygen atoms in total. The zero-order valence-corrected chi connectivity index (χ0v) is 10.1. The van der Waals surface area contributed by atoms with E-state index < -0.39 is 0 Å². The van der Waals surface area contributed by atoms with Crippen molar-refractivity contribution in [3.05, 3.63) is 48.3 Å². The highest BCUT2D eigenvalue weighted by atomic mass is 16.5. The van der Waals surface area contributed by atoms with Gasteiger partial charge in [0.05, 0.1) is 7.11 Å². The average molecular weight is 228 g/mol. The predicted molar refractivity (Wildman–Crippen MR) is 68.8 cm³/mol. The van der Waals surface area contributed by atoms with E-state index in [4.69, 9.17) is 10.5 Å². The number of nitrogens with two attached hydrogens (primary N) is 1. The molecule has 0 fully saturated rings. The normalized spacial score (nSPS) is 12.2. The van der Waals surface area contributed by atoms with Crippen LogP contribution in [0.2, 0.25) is 0 Å². The van der Waals surface area contributed by atoms with E-state index in [2.05, 4.69) is 11.1 Å². The zero-order chi connectivity index (χ0) is 12.3. The number of rotatable bonds is 3. The summed E-state index contributed by atoms with van der Waals surface area (Å²) in [7, 11) is 1.67. The van der Waals surface area contributed by atoms with Crippen molar-refractivity contribution in [3.63, 3.8) is 0 Å². The zero-order valence-electron chi connectivity index (χ0n) is 10.1. The number of pyridine rings is 1. The van der Waals surface area contributed by atoms with E-state index in [0.717, 1.165) is 22.4 Å². The van der Waals surface area contributed by atoms with Crippen LogP contribution in [0.15, 0.2) is 42.7 Å². The average Bonchev–Trinajstić information content (AvgIpc) is 2.39. The molecule has 0 radical (unpaired) electrons. The van der Waals surface area contributed by atoms with Crippen LogP contribution in [-0.4, -0.2) is 12.1 Å². The number of aromatic nitrogens is 1. The number of hydrogen-bond donors (Lipinski definition) is 1. The summed E-state index contributed by atoms with van der Waals surface area (Å²) in [5.41, 5.74) is 9.12. The molecule has 1 heterocycles. The van der Waals surface area contributed by atoms with Crippen LogP contribution in [0.4, 0.5) is 0 Å². The summed E-state index contributed by atoms with van der Waals surface area (Å²) in [4.78, 5) is 4.02. The maximum Gasteiger partial charge on any atom is 0.126 e. The third kappa shape index (κ3) is 2.45. The molecule has 0 aliphatic heterocycles. The minimum Gasteiger partial charge on any atom is -0.496 e. The van der Waals surface area contributed by atoms with Crippen molar-refractivity contribution in [1.82, 2.24) is 4.98 Å². The standard InChI is InChI=1S/C14H16N2O/c1-10(15)12-3-4-14(17-2)13(9-12)11-5-7-16-8-6-11/h3-10H,15H2,1-2H3. The maximum absolute atomic E-state index is 5.90.